The van der Waals surface area contributed by atoms with Crippen LogP contribution < -0.4 is 10.1 Å². The van der Waals surface area contributed by atoms with Crippen molar-refractivity contribution < 1.29 is 9.13 Å². The minimum atomic E-state index is -0.537. The number of hydrogen-bond donors (Lipinski definition) is 1. The van der Waals surface area contributed by atoms with Crippen molar-refractivity contribution in [1.82, 2.24) is 5.32 Å². The van der Waals surface area contributed by atoms with Gasteiger partial charge < -0.3 is 10.1 Å². The first-order valence-corrected chi connectivity index (χ1v) is 7.49. The van der Waals surface area contributed by atoms with E-state index in [0.29, 0.717) is 5.75 Å². The third-order valence-electron chi connectivity index (χ3n) is 3.29. The van der Waals surface area contributed by atoms with Crippen LogP contribution in [0.1, 0.15) is 31.9 Å². The van der Waals surface area contributed by atoms with Crippen molar-refractivity contribution in [3.63, 3.8) is 0 Å². The molecule has 2 aromatic rings. The van der Waals surface area contributed by atoms with Gasteiger partial charge in [-0.3, -0.25) is 0 Å². The van der Waals surface area contributed by atoms with Gasteiger partial charge in [0.05, 0.1) is 5.02 Å². The van der Waals surface area contributed by atoms with Crippen LogP contribution in [0.4, 0.5) is 4.39 Å². The Bertz CT molecular complexity index is 603. The molecule has 1 atom stereocenters. The summed E-state index contributed by atoms with van der Waals surface area (Å²) in [6, 6.07) is 12.6. The van der Waals surface area contributed by atoms with Crippen LogP contribution in [-0.2, 0) is 0 Å². The molecule has 0 amide bonds. The zero-order chi connectivity index (χ0) is 15.2. The van der Waals surface area contributed by atoms with Gasteiger partial charge in [-0.1, -0.05) is 49.7 Å². The van der Waals surface area contributed by atoms with Gasteiger partial charge >= 0.3 is 0 Å². The lowest BCUT2D eigenvalue weighted by molar-refractivity contribution is 0.425. The number of nitrogens with one attached hydrogen (secondary N) is 1. The summed E-state index contributed by atoms with van der Waals surface area (Å²) in [5.41, 5.74) is 1.02. The molecule has 0 heterocycles. The van der Waals surface area contributed by atoms with E-state index < -0.39 is 5.82 Å². The van der Waals surface area contributed by atoms with Crippen LogP contribution in [0.25, 0.3) is 0 Å². The molecule has 2 aromatic carbocycles. The van der Waals surface area contributed by atoms with Crippen molar-refractivity contribution in [2.24, 2.45) is 0 Å². The van der Waals surface area contributed by atoms with E-state index in [1.807, 2.05) is 24.3 Å². The van der Waals surface area contributed by atoms with Gasteiger partial charge in [-0.2, -0.15) is 0 Å². The first kappa shape index (κ1) is 15.8. The zero-order valence-corrected chi connectivity index (χ0v) is 13.0. The fourth-order valence-corrected chi connectivity index (χ4v) is 2.43. The maximum atomic E-state index is 14.0. The van der Waals surface area contributed by atoms with E-state index in [1.165, 1.54) is 6.07 Å². The van der Waals surface area contributed by atoms with E-state index in [0.717, 1.165) is 18.5 Å². The zero-order valence-electron chi connectivity index (χ0n) is 12.2. The number of halogens is 2. The summed E-state index contributed by atoms with van der Waals surface area (Å²) in [7, 11) is 0. The molecule has 4 heteroatoms. The predicted octanol–water partition coefficient (Wildman–Crippen LogP) is 5.33. The number of rotatable bonds is 6. The Labute approximate surface area is 129 Å². The molecule has 112 valence electrons. The van der Waals surface area contributed by atoms with Crippen LogP contribution in [0.2, 0.25) is 5.02 Å². The molecule has 0 saturated carbocycles. The average Bonchev–Trinajstić information content (AvgIpc) is 2.50. The highest BCUT2D eigenvalue weighted by Gasteiger charge is 2.15. The lowest BCUT2D eigenvalue weighted by Gasteiger charge is -2.20. The monoisotopic (exact) mass is 307 g/mol. The van der Waals surface area contributed by atoms with Gasteiger partial charge in [0.25, 0.3) is 0 Å². The molecule has 1 N–H and O–H groups in total. The van der Waals surface area contributed by atoms with Crippen LogP contribution >= 0.6 is 11.6 Å². The average molecular weight is 308 g/mol. The second-order valence-corrected chi connectivity index (χ2v) is 5.12. The van der Waals surface area contributed by atoms with Gasteiger partial charge in [0, 0.05) is 11.6 Å². The first-order chi connectivity index (χ1) is 10.2. The summed E-state index contributed by atoms with van der Waals surface area (Å²) >= 11 is 5.79. The second kappa shape index (κ2) is 7.43. The molecule has 0 saturated heterocycles. The molecule has 0 aliphatic rings. The number of hydrogen-bond acceptors (Lipinski definition) is 2. The van der Waals surface area contributed by atoms with Gasteiger partial charge in [-0.25, -0.2) is 4.39 Å². The third kappa shape index (κ3) is 3.74. The third-order valence-corrected chi connectivity index (χ3v) is 3.58. The Balaban J connectivity index is 2.34. The molecule has 0 radical (unpaired) electrons. The molecular weight excluding hydrogens is 289 g/mol. The van der Waals surface area contributed by atoms with E-state index in [2.05, 4.69) is 19.2 Å². The van der Waals surface area contributed by atoms with Gasteiger partial charge in [-0.15, -0.1) is 0 Å². The fraction of sp³-hybridized carbons (Fsp3) is 0.294. The molecule has 0 bridgehead atoms. The van der Waals surface area contributed by atoms with Crippen LogP contribution in [0.5, 0.6) is 11.5 Å². The van der Waals surface area contributed by atoms with Crippen LogP contribution in [-0.4, -0.2) is 6.54 Å². The fourth-order valence-electron chi connectivity index (χ4n) is 2.26. The van der Waals surface area contributed by atoms with Crippen LogP contribution in [0.3, 0.4) is 0 Å². The van der Waals surface area contributed by atoms with Crippen molar-refractivity contribution >= 4 is 11.6 Å². The smallest absolute Gasteiger partial charge is 0.184 e. The summed E-state index contributed by atoms with van der Waals surface area (Å²) in [6.07, 6.45) is 0.923. The second-order valence-electron chi connectivity index (χ2n) is 4.71. The summed E-state index contributed by atoms with van der Waals surface area (Å²) < 4.78 is 19.7. The molecule has 0 aliphatic carbocycles. The van der Waals surface area contributed by atoms with Crippen molar-refractivity contribution in [2.75, 3.05) is 6.54 Å². The quantitative estimate of drug-likeness (QED) is 0.778. The Morgan fingerprint density at radius 2 is 1.81 bits per heavy atom. The van der Waals surface area contributed by atoms with E-state index in [4.69, 9.17) is 16.3 Å². The van der Waals surface area contributed by atoms with Crippen molar-refractivity contribution in [1.29, 1.82) is 0 Å². The molecule has 21 heavy (non-hydrogen) atoms. The topological polar surface area (TPSA) is 21.3 Å². The lowest BCUT2D eigenvalue weighted by Crippen LogP contribution is -2.20. The van der Waals surface area contributed by atoms with Gasteiger partial charge in [0.15, 0.2) is 11.6 Å². The van der Waals surface area contributed by atoms with Crippen molar-refractivity contribution in [2.45, 2.75) is 26.3 Å². The highest BCUT2D eigenvalue weighted by atomic mass is 35.5. The number of benzene rings is 2. The highest BCUT2D eigenvalue weighted by Crippen LogP contribution is 2.33. The Kier molecular flexibility index (Phi) is 5.59. The molecule has 2 rings (SSSR count). The van der Waals surface area contributed by atoms with Gasteiger partial charge in [-0.05, 0) is 31.2 Å². The van der Waals surface area contributed by atoms with E-state index in [1.54, 1.807) is 12.1 Å². The standard InChI is InChI=1S/C17H19ClFNO/c1-3-14(20-4-2)12-8-5-6-10-15(12)21-16-11-7-9-13(18)17(16)19/h5-11,14,20H,3-4H2,1-2H3. The first-order valence-electron chi connectivity index (χ1n) is 7.11. The van der Waals surface area contributed by atoms with E-state index >= 15 is 0 Å². The molecule has 2 nitrogen and oxygen atoms in total. The Hall–Kier alpha value is -1.58. The normalized spacial score (nSPS) is 12.2. The lowest BCUT2D eigenvalue weighted by atomic mass is 10.0. The molecule has 0 aromatic heterocycles. The van der Waals surface area contributed by atoms with Crippen molar-refractivity contribution in [3.8, 4) is 11.5 Å². The minimum Gasteiger partial charge on any atom is -0.454 e. The predicted molar refractivity (Wildman–Crippen MR) is 84.6 cm³/mol. The SMILES string of the molecule is CCNC(CC)c1ccccc1Oc1cccc(Cl)c1F. The Morgan fingerprint density at radius 1 is 1.10 bits per heavy atom. The number of para-hydroxylation sites is 1. The minimum absolute atomic E-state index is 0.0590. The maximum absolute atomic E-state index is 14.0. The Morgan fingerprint density at radius 3 is 2.52 bits per heavy atom. The van der Waals surface area contributed by atoms with Gasteiger partial charge in [0.2, 0.25) is 0 Å². The summed E-state index contributed by atoms with van der Waals surface area (Å²) in [5, 5.41) is 3.46. The molecule has 0 fully saturated rings. The van der Waals surface area contributed by atoms with E-state index in [-0.39, 0.29) is 16.8 Å². The van der Waals surface area contributed by atoms with Crippen LogP contribution in [0, 0.1) is 5.82 Å². The summed E-state index contributed by atoms with van der Waals surface area (Å²) in [4.78, 5) is 0. The summed E-state index contributed by atoms with van der Waals surface area (Å²) in [5.74, 6) is 0.248. The van der Waals surface area contributed by atoms with Gasteiger partial charge in [0.1, 0.15) is 5.75 Å². The highest BCUT2D eigenvalue weighted by molar-refractivity contribution is 6.30. The largest absolute Gasteiger partial charge is 0.454 e. The molecule has 0 aliphatic heterocycles. The molecule has 0 spiro atoms. The van der Waals surface area contributed by atoms with Crippen LogP contribution in [0.15, 0.2) is 42.5 Å². The summed E-state index contributed by atoms with van der Waals surface area (Å²) in [6.45, 7) is 5.02. The molecule has 1 unspecified atom stereocenters. The molecular formula is C17H19ClFNO. The van der Waals surface area contributed by atoms with Crippen molar-refractivity contribution in [3.05, 3.63) is 58.9 Å². The maximum Gasteiger partial charge on any atom is 0.184 e. The van der Waals surface area contributed by atoms with E-state index in [9.17, 15) is 4.39 Å². The number of ether oxygens (including phenoxy) is 1.